The third-order valence-corrected chi connectivity index (χ3v) is 7.54. The Bertz CT molecular complexity index is 379. The maximum absolute atomic E-state index is 12.7. The van der Waals surface area contributed by atoms with Crippen LogP contribution in [0.2, 0.25) is 0 Å². The van der Waals surface area contributed by atoms with E-state index >= 15 is 0 Å². The second-order valence-corrected chi connectivity index (χ2v) is 8.53. The first kappa shape index (κ1) is 13.6. The van der Waals surface area contributed by atoms with Gasteiger partial charge >= 0.3 is 0 Å². The molecule has 3 rings (SSSR count). The standard InChI is InChI=1S/C18H30O/c1-17(2)15-10-9-12-7-5-6-8-13(12)14(15)11-16(19)18(17,3)4/h12-15H,5-11H2,1-4H3. The van der Waals surface area contributed by atoms with Crippen molar-refractivity contribution in [2.24, 2.45) is 34.5 Å². The third-order valence-electron chi connectivity index (χ3n) is 7.54. The van der Waals surface area contributed by atoms with Gasteiger partial charge in [-0.05, 0) is 48.3 Å². The zero-order valence-electron chi connectivity index (χ0n) is 13.2. The molecule has 0 bridgehead atoms. The zero-order chi connectivity index (χ0) is 13.8. The number of carbonyl (C=O) groups is 1. The molecule has 0 heterocycles. The van der Waals surface area contributed by atoms with E-state index < -0.39 is 0 Å². The van der Waals surface area contributed by atoms with E-state index in [-0.39, 0.29) is 10.8 Å². The molecule has 3 saturated carbocycles. The number of ketones is 1. The lowest BCUT2D eigenvalue weighted by Crippen LogP contribution is -2.56. The first-order chi connectivity index (χ1) is 8.85. The van der Waals surface area contributed by atoms with Gasteiger partial charge in [0.15, 0.2) is 0 Å². The van der Waals surface area contributed by atoms with Gasteiger partial charge in [-0.15, -0.1) is 0 Å². The highest BCUT2D eigenvalue weighted by Crippen LogP contribution is 2.61. The Morgan fingerprint density at radius 2 is 1.58 bits per heavy atom. The van der Waals surface area contributed by atoms with E-state index in [1.807, 2.05) is 0 Å². The molecule has 4 atom stereocenters. The van der Waals surface area contributed by atoms with Gasteiger partial charge in [0.1, 0.15) is 5.78 Å². The van der Waals surface area contributed by atoms with Crippen molar-refractivity contribution >= 4 is 5.78 Å². The number of hydrogen-bond donors (Lipinski definition) is 0. The van der Waals surface area contributed by atoms with Crippen LogP contribution < -0.4 is 0 Å². The summed E-state index contributed by atoms with van der Waals surface area (Å²) < 4.78 is 0. The molecule has 0 aromatic carbocycles. The molecule has 0 N–H and O–H groups in total. The molecule has 19 heavy (non-hydrogen) atoms. The molecule has 3 aliphatic carbocycles. The summed E-state index contributed by atoms with van der Waals surface area (Å²) in [6.45, 7) is 9.12. The monoisotopic (exact) mass is 262 g/mol. The van der Waals surface area contributed by atoms with E-state index in [0.717, 1.165) is 24.2 Å². The highest BCUT2D eigenvalue weighted by molar-refractivity contribution is 5.86. The van der Waals surface area contributed by atoms with Crippen molar-refractivity contribution in [3.8, 4) is 0 Å². The fourth-order valence-electron chi connectivity index (χ4n) is 5.55. The summed E-state index contributed by atoms with van der Waals surface area (Å²) in [5.41, 5.74) is 0.0467. The van der Waals surface area contributed by atoms with Gasteiger partial charge in [0.2, 0.25) is 0 Å². The minimum atomic E-state index is -0.129. The van der Waals surface area contributed by atoms with Crippen molar-refractivity contribution in [1.82, 2.24) is 0 Å². The summed E-state index contributed by atoms with van der Waals surface area (Å²) in [6, 6.07) is 0. The van der Waals surface area contributed by atoms with E-state index in [9.17, 15) is 4.79 Å². The van der Waals surface area contributed by atoms with Crippen LogP contribution in [-0.2, 0) is 4.79 Å². The Kier molecular flexibility index (Phi) is 3.11. The van der Waals surface area contributed by atoms with Crippen molar-refractivity contribution in [1.29, 1.82) is 0 Å². The second kappa shape index (κ2) is 4.33. The fourth-order valence-corrected chi connectivity index (χ4v) is 5.55. The molecule has 108 valence electrons. The van der Waals surface area contributed by atoms with Crippen LogP contribution in [0, 0.1) is 34.5 Å². The molecule has 3 fully saturated rings. The lowest BCUT2D eigenvalue weighted by Gasteiger charge is -2.59. The third kappa shape index (κ3) is 1.83. The normalized spacial score (nSPS) is 44.3. The summed E-state index contributed by atoms with van der Waals surface area (Å²) in [4.78, 5) is 12.7. The molecule has 0 aromatic heterocycles. The molecular weight excluding hydrogens is 232 g/mol. The molecule has 0 aliphatic heterocycles. The van der Waals surface area contributed by atoms with E-state index in [2.05, 4.69) is 27.7 Å². The van der Waals surface area contributed by atoms with Crippen molar-refractivity contribution in [2.45, 2.75) is 72.6 Å². The van der Waals surface area contributed by atoms with Crippen LogP contribution in [0.4, 0.5) is 0 Å². The number of carbonyl (C=O) groups excluding carboxylic acids is 1. The van der Waals surface area contributed by atoms with Gasteiger partial charge in [0, 0.05) is 11.8 Å². The van der Waals surface area contributed by atoms with E-state index in [4.69, 9.17) is 0 Å². The Labute approximate surface area is 118 Å². The minimum absolute atomic E-state index is 0.129. The highest BCUT2D eigenvalue weighted by Gasteiger charge is 2.57. The Morgan fingerprint density at radius 1 is 0.895 bits per heavy atom. The molecule has 1 heteroatoms. The SMILES string of the molecule is CC1(C)C(=O)CC2C3CCCCC3CCC2C1(C)C. The molecule has 4 unspecified atom stereocenters. The van der Waals surface area contributed by atoms with E-state index in [0.29, 0.717) is 11.7 Å². The smallest absolute Gasteiger partial charge is 0.139 e. The van der Waals surface area contributed by atoms with Crippen LogP contribution in [0.15, 0.2) is 0 Å². The molecule has 0 aromatic rings. The van der Waals surface area contributed by atoms with Crippen LogP contribution in [0.1, 0.15) is 72.6 Å². The largest absolute Gasteiger partial charge is 0.299 e. The quantitative estimate of drug-likeness (QED) is 0.610. The molecule has 0 saturated heterocycles. The topological polar surface area (TPSA) is 17.1 Å². The van der Waals surface area contributed by atoms with Gasteiger partial charge in [0.25, 0.3) is 0 Å². The summed E-state index contributed by atoms with van der Waals surface area (Å²) in [6.07, 6.45) is 9.35. The summed E-state index contributed by atoms with van der Waals surface area (Å²) in [5, 5.41) is 0. The second-order valence-electron chi connectivity index (χ2n) is 8.53. The molecule has 3 aliphatic rings. The van der Waals surface area contributed by atoms with Gasteiger partial charge in [0.05, 0.1) is 0 Å². The molecule has 0 amide bonds. The number of fused-ring (bicyclic) bond motifs is 3. The van der Waals surface area contributed by atoms with Crippen LogP contribution >= 0.6 is 0 Å². The lowest BCUT2D eigenvalue weighted by molar-refractivity contribution is -0.156. The maximum atomic E-state index is 12.7. The van der Waals surface area contributed by atoms with Crippen molar-refractivity contribution in [2.75, 3.05) is 0 Å². The average molecular weight is 262 g/mol. The highest BCUT2D eigenvalue weighted by atomic mass is 16.1. The lowest BCUT2D eigenvalue weighted by atomic mass is 9.45. The fraction of sp³-hybridized carbons (Fsp3) is 0.944. The first-order valence-electron chi connectivity index (χ1n) is 8.39. The van der Waals surface area contributed by atoms with Crippen molar-refractivity contribution in [3.05, 3.63) is 0 Å². The van der Waals surface area contributed by atoms with Crippen LogP contribution in [0.3, 0.4) is 0 Å². The maximum Gasteiger partial charge on any atom is 0.139 e. The summed E-state index contributed by atoms with van der Waals surface area (Å²) in [7, 11) is 0. The van der Waals surface area contributed by atoms with Crippen LogP contribution in [-0.4, -0.2) is 5.78 Å². The number of rotatable bonds is 0. The van der Waals surface area contributed by atoms with Gasteiger partial charge in [-0.2, -0.15) is 0 Å². The predicted molar refractivity (Wildman–Crippen MR) is 78.8 cm³/mol. The minimum Gasteiger partial charge on any atom is -0.299 e. The van der Waals surface area contributed by atoms with Gasteiger partial charge in [-0.1, -0.05) is 47.0 Å². The zero-order valence-corrected chi connectivity index (χ0v) is 13.2. The molecule has 1 nitrogen and oxygen atoms in total. The number of hydrogen-bond acceptors (Lipinski definition) is 1. The van der Waals surface area contributed by atoms with Crippen molar-refractivity contribution in [3.63, 3.8) is 0 Å². The summed E-state index contributed by atoms with van der Waals surface area (Å²) >= 11 is 0. The van der Waals surface area contributed by atoms with Crippen LogP contribution in [0.25, 0.3) is 0 Å². The molecule has 0 spiro atoms. The van der Waals surface area contributed by atoms with Gasteiger partial charge in [-0.3, -0.25) is 4.79 Å². The Balaban J connectivity index is 1.92. The Hall–Kier alpha value is -0.330. The van der Waals surface area contributed by atoms with E-state index in [1.165, 1.54) is 38.5 Å². The van der Waals surface area contributed by atoms with Crippen molar-refractivity contribution < 1.29 is 4.79 Å². The van der Waals surface area contributed by atoms with Crippen LogP contribution in [0.5, 0.6) is 0 Å². The summed E-state index contributed by atoms with van der Waals surface area (Å²) in [5.74, 6) is 3.82. The van der Waals surface area contributed by atoms with Gasteiger partial charge in [-0.25, -0.2) is 0 Å². The first-order valence-corrected chi connectivity index (χ1v) is 8.39. The molecular formula is C18H30O. The predicted octanol–water partition coefficient (Wildman–Crippen LogP) is 4.84. The Morgan fingerprint density at radius 3 is 2.32 bits per heavy atom. The molecule has 0 radical (unpaired) electrons. The van der Waals surface area contributed by atoms with E-state index in [1.54, 1.807) is 0 Å². The average Bonchev–Trinajstić information content (AvgIpc) is 2.37. The van der Waals surface area contributed by atoms with Gasteiger partial charge < -0.3 is 0 Å². The number of Topliss-reactive ketones (excluding diaryl/α,β-unsaturated/α-hetero) is 1.